The Morgan fingerprint density at radius 1 is 0.727 bits per heavy atom. The van der Waals surface area contributed by atoms with Crippen molar-refractivity contribution in [2.45, 2.75) is 13.8 Å². The molecule has 0 radical (unpaired) electrons. The third-order valence-electron chi connectivity index (χ3n) is 4.40. The summed E-state index contributed by atoms with van der Waals surface area (Å²) in [5.41, 5.74) is 3.28. The zero-order valence-electron chi connectivity index (χ0n) is 18.7. The van der Waals surface area contributed by atoms with Crippen LogP contribution in [0.4, 0.5) is 0 Å². The maximum atomic E-state index is 11.2. The van der Waals surface area contributed by atoms with Gasteiger partial charge in [-0.1, -0.05) is 24.3 Å². The van der Waals surface area contributed by atoms with Gasteiger partial charge >= 0.3 is 11.9 Å². The van der Waals surface area contributed by atoms with Gasteiger partial charge in [0.05, 0.1) is 25.6 Å². The Morgan fingerprint density at radius 3 is 1.73 bits per heavy atom. The third-order valence-corrected chi connectivity index (χ3v) is 4.40. The van der Waals surface area contributed by atoms with Crippen molar-refractivity contribution < 1.29 is 28.5 Å². The number of carbonyl (C=O) groups is 2. The van der Waals surface area contributed by atoms with E-state index >= 15 is 0 Å². The number of esters is 2. The van der Waals surface area contributed by atoms with E-state index in [1.165, 1.54) is 28.1 Å². The molecule has 8 heteroatoms. The summed E-state index contributed by atoms with van der Waals surface area (Å²) in [4.78, 5) is 22.4. The van der Waals surface area contributed by atoms with Crippen molar-refractivity contribution in [3.05, 3.63) is 65.0 Å². The molecule has 2 aromatic carbocycles. The Kier molecular flexibility index (Phi) is 7.64. The fourth-order valence-corrected chi connectivity index (χ4v) is 2.95. The maximum absolute atomic E-state index is 11.2. The summed E-state index contributed by atoms with van der Waals surface area (Å²) in [6.07, 6.45) is 7.49. The zero-order chi connectivity index (χ0) is 23.8. The fraction of sp³-hybridized carbons (Fsp3) is 0.160. The van der Waals surface area contributed by atoms with Gasteiger partial charge in [0.15, 0.2) is 23.0 Å². The molecule has 8 nitrogen and oxygen atoms in total. The van der Waals surface area contributed by atoms with Gasteiger partial charge in [0.1, 0.15) is 0 Å². The van der Waals surface area contributed by atoms with Crippen LogP contribution in [0.25, 0.3) is 24.3 Å². The highest BCUT2D eigenvalue weighted by Gasteiger charge is 2.08. The molecule has 0 unspecified atom stereocenters. The van der Waals surface area contributed by atoms with E-state index < -0.39 is 11.9 Å². The van der Waals surface area contributed by atoms with Gasteiger partial charge in [-0.15, -0.1) is 0 Å². The molecule has 1 N–H and O–H groups in total. The third kappa shape index (κ3) is 6.57. The number of carbonyl (C=O) groups excluding carboxylic acids is 2. The number of ether oxygens (including phenoxy) is 4. The number of methoxy groups -OCH3 is 2. The summed E-state index contributed by atoms with van der Waals surface area (Å²) in [5.74, 6) is 0.852. The van der Waals surface area contributed by atoms with Crippen LogP contribution in [-0.4, -0.2) is 36.4 Å². The predicted molar refractivity (Wildman–Crippen MR) is 125 cm³/mol. The van der Waals surface area contributed by atoms with Gasteiger partial charge < -0.3 is 18.9 Å². The first kappa shape index (κ1) is 23.3. The second-order valence-corrected chi connectivity index (χ2v) is 6.92. The maximum Gasteiger partial charge on any atom is 0.308 e. The van der Waals surface area contributed by atoms with Crippen molar-refractivity contribution in [3.8, 4) is 23.0 Å². The molecule has 0 saturated carbocycles. The molecule has 0 amide bonds. The van der Waals surface area contributed by atoms with Gasteiger partial charge in [-0.3, -0.25) is 14.7 Å². The summed E-state index contributed by atoms with van der Waals surface area (Å²) in [7, 11) is 3.03. The van der Waals surface area contributed by atoms with Crippen LogP contribution in [0, 0.1) is 0 Å². The van der Waals surface area contributed by atoms with Crippen LogP contribution >= 0.6 is 0 Å². The van der Waals surface area contributed by atoms with E-state index in [9.17, 15) is 9.59 Å². The molecule has 0 bridgehead atoms. The number of aromatic amines is 1. The van der Waals surface area contributed by atoms with Crippen molar-refractivity contribution in [3.63, 3.8) is 0 Å². The summed E-state index contributed by atoms with van der Waals surface area (Å²) >= 11 is 0. The minimum Gasteiger partial charge on any atom is -0.493 e. The van der Waals surface area contributed by atoms with Crippen LogP contribution in [0.15, 0.2) is 42.5 Å². The molecule has 0 aliphatic carbocycles. The van der Waals surface area contributed by atoms with Gasteiger partial charge in [0, 0.05) is 13.8 Å². The van der Waals surface area contributed by atoms with Crippen LogP contribution in [0.2, 0.25) is 0 Å². The molecule has 0 atom stereocenters. The van der Waals surface area contributed by atoms with Crippen LogP contribution in [0.3, 0.4) is 0 Å². The van der Waals surface area contributed by atoms with Crippen molar-refractivity contribution >= 4 is 36.2 Å². The van der Waals surface area contributed by atoms with E-state index in [2.05, 4.69) is 10.2 Å². The number of nitrogens with one attached hydrogen (secondary N) is 1. The van der Waals surface area contributed by atoms with Crippen LogP contribution in [0.1, 0.15) is 36.4 Å². The summed E-state index contributed by atoms with van der Waals surface area (Å²) in [5, 5.41) is 7.24. The molecule has 3 rings (SSSR count). The quantitative estimate of drug-likeness (QED) is 0.396. The predicted octanol–water partition coefficient (Wildman–Crippen LogP) is 4.62. The largest absolute Gasteiger partial charge is 0.493 e. The average Bonchev–Trinajstić information content (AvgIpc) is 3.24. The first-order valence-corrected chi connectivity index (χ1v) is 10.0. The average molecular weight is 448 g/mol. The van der Waals surface area contributed by atoms with E-state index in [0.29, 0.717) is 23.0 Å². The topological polar surface area (TPSA) is 99.7 Å². The molecule has 33 heavy (non-hydrogen) atoms. The highest BCUT2D eigenvalue weighted by Crippen LogP contribution is 2.30. The highest BCUT2D eigenvalue weighted by molar-refractivity contribution is 5.75. The van der Waals surface area contributed by atoms with E-state index in [1.807, 2.05) is 42.5 Å². The molecule has 0 saturated heterocycles. The summed E-state index contributed by atoms with van der Waals surface area (Å²) < 4.78 is 20.8. The van der Waals surface area contributed by atoms with Gasteiger partial charge in [0.2, 0.25) is 0 Å². The monoisotopic (exact) mass is 448 g/mol. The van der Waals surface area contributed by atoms with Crippen LogP contribution < -0.4 is 18.9 Å². The second-order valence-electron chi connectivity index (χ2n) is 6.92. The molecular weight excluding hydrogens is 424 g/mol. The van der Waals surface area contributed by atoms with Gasteiger partial charge in [-0.2, -0.15) is 5.10 Å². The van der Waals surface area contributed by atoms with Crippen molar-refractivity contribution in [1.82, 2.24) is 10.2 Å². The number of hydrogen-bond donors (Lipinski definition) is 1. The molecule has 0 aliphatic rings. The molecule has 1 aromatic heterocycles. The molecule has 1 heterocycles. The van der Waals surface area contributed by atoms with Gasteiger partial charge in [-0.05, 0) is 53.6 Å². The Bertz CT molecular complexity index is 1120. The molecule has 0 fully saturated rings. The van der Waals surface area contributed by atoms with E-state index in [0.717, 1.165) is 22.5 Å². The Morgan fingerprint density at radius 2 is 1.24 bits per heavy atom. The van der Waals surface area contributed by atoms with Crippen LogP contribution in [0.5, 0.6) is 23.0 Å². The normalized spacial score (nSPS) is 11.0. The molecule has 170 valence electrons. The van der Waals surface area contributed by atoms with E-state index in [-0.39, 0.29) is 0 Å². The van der Waals surface area contributed by atoms with Crippen LogP contribution in [-0.2, 0) is 9.59 Å². The second kappa shape index (κ2) is 10.8. The number of rotatable bonds is 8. The SMILES string of the molecule is COc1cc(/C=C/c2cc(/C=C/c3ccc(OC(C)=O)c(OC)c3)[nH]n2)ccc1OC(C)=O. The van der Waals surface area contributed by atoms with Crippen molar-refractivity contribution in [1.29, 1.82) is 0 Å². The summed E-state index contributed by atoms with van der Waals surface area (Å²) in [6.45, 7) is 2.68. The molecule has 3 aromatic rings. The number of benzene rings is 2. The number of nitrogens with zero attached hydrogens (tertiary/aromatic N) is 1. The van der Waals surface area contributed by atoms with Gasteiger partial charge in [0.25, 0.3) is 0 Å². The smallest absolute Gasteiger partial charge is 0.308 e. The van der Waals surface area contributed by atoms with E-state index in [1.54, 1.807) is 24.3 Å². The lowest BCUT2D eigenvalue weighted by Crippen LogP contribution is -2.02. The first-order chi connectivity index (χ1) is 15.9. The van der Waals surface area contributed by atoms with Gasteiger partial charge in [-0.25, -0.2) is 0 Å². The van der Waals surface area contributed by atoms with E-state index in [4.69, 9.17) is 18.9 Å². The molecular formula is C25H24N2O6. The highest BCUT2D eigenvalue weighted by atomic mass is 16.6. The minimum atomic E-state index is -0.410. The van der Waals surface area contributed by atoms with Crippen molar-refractivity contribution in [2.75, 3.05) is 14.2 Å². The zero-order valence-corrected chi connectivity index (χ0v) is 18.7. The Hall–Kier alpha value is -4.33. The molecule has 0 spiro atoms. The number of hydrogen-bond acceptors (Lipinski definition) is 7. The number of aromatic nitrogens is 2. The lowest BCUT2D eigenvalue weighted by atomic mass is 10.1. The lowest BCUT2D eigenvalue weighted by Gasteiger charge is -2.08. The Labute approximate surface area is 191 Å². The standard InChI is InChI=1S/C25H24N2O6/c1-16(28)32-22-11-7-18(13-24(22)30-3)5-9-20-15-21(27-26-20)10-6-19-8-12-23(33-17(2)29)25(14-19)31-4/h5-15H,1-4H3,(H,26,27)/b9-5+,10-6+. The minimum absolute atomic E-state index is 0.367. The number of H-pyrrole nitrogens is 1. The lowest BCUT2D eigenvalue weighted by molar-refractivity contribution is -0.132. The fourth-order valence-electron chi connectivity index (χ4n) is 2.95. The first-order valence-electron chi connectivity index (χ1n) is 10.0. The summed E-state index contributed by atoms with van der Waals surface area (Å²) in [6, 6.07) is 12.4. The molecule has 0 aliphatic heterocycles. The van der Waals surface area contributed by atoms with Crippen molar-refractivity contribution in [2.24, 2.45) is 0 Å². The Balaban J connectivity index is 1.70.